The molecule has 8 nitrogen and oxygen atoms in total. The highest BCUT2D eigenvalue weighted by Gasteiger charge is 2.34. The van der Waals surface area contributed by atoms with E-state index in [1.807, 2.05) is 18.7 Å². The number of halogens is 2. The van der Waals surface area contributed by atoms with Crippen LogP contribution in [0.2, 0.25) is 5.02 Å². The van der Waals surface area contributed by atoms with Gasteiger partial charge >= 0.3 is 5.69 Å². The Hall–Kier alpha value is -3.77. The van der Waals surface area contributed by atoms with E-state index in [9.17, 15) is 19.2 Å². The highest BCUT2D eigenvalue weighted by atomic mass is 35.5. The van der Waals surface area contributed by atoms with Gasteiger partial charge in [0.1, 0.15) is 17.3 Å². The van der Waals surface area contributed by atoms with E-state index in [-0.39, 0.29) is 46.5 Å². The average molecular weight is 523 g/mol. The summed E-state index contributed by atoms with van der Waals surface area (Å²) in [4.78, 5) is 38.5. The first-order chi connectivity index (χ1) is 17.5. The number of carbonyl (C=O) groups excluding carboxylic acids is 1. The van der Waals surface area contributed by atoms with Crippen LogP contribution in [-0.4, -0.2) is 50.5 Å². The van der Waals surface area contributed by atoms with E-state index in [0.29, 0.717) is 24.3 Å². The van der Waals surface area contributed by atoms with Gasteiger partial charge in [0.2, 0.25) is 5.91 Å². The lowest BCUT2D eigenvalue weighted by molar-refractivity contribution is -0.128. The Labute approximate surface area is 219 Å². The van der Waals surface area contributed by atoms with Crippen molar-refractivity contribution in [3.63, 3.8) is 0 Å². The second kappa shape index (κ2) is 9.94. The minimum Gasteiger partial charge on any atom is -0.349 e. The predicted octanol–water partition coefficient (Wildman–Crippen LogP) is 4.41. The Balaban J connectivity index is 1.95. The third-order valence-corrected chi connectivity index (χ3v) is 6.87. The van der Waals surface area contributed by atoms with Crippen molar-refractivity contribution >= 4 is 34.4 Å². The number of benzene rings is 1. The van der Waals surface area contributed by atoms with Crippen molar-refractivity contribution in [2.24, 2.45) is 5.41 Å². The first-order valence-electron chi connectivity index (χ1n) is 11.9. The summed E-state index contributed by atoms with van der Waals surface area (Å²) in [5.74, 6) is -0.280. The molecule has 1 amide bonds. The van der Waals surface area contributed by atoms with E-state index in [1.165, 1.54) is 16.7 Å². The van der Waals surface area contributed by atoms with Crippen molar-refractivity contribution in [2.75, 3.05) is 18.0 Å². The summed E-state index contributed by atoms with van der Waals surface area (Å²) in [6, 6.07) is 9.63. The third kappa shape index (κ3) is 4.94. The van der Waals surface area contributed by atoms with Crippen LogP contribution < -0.4 is 10.6 Å². The minimum absolute atomic E-state index is 0.0328. The molecular weight excluding hydrogens is 495 g/mol. The fraction of sp³-hybridized carbons (Fsp3) is 0.370. The number of piperazine rings is 1. The molecule has 1 aliphatic heterocycles. The van der Waals surface area contributed by atoms with E-state index in [4.69, 9.17) is 11.6 Å². The van der Waals surface area contributed by atoms with E-state index in [0.717, 1.165) is 0 Å². The number of aromatic nitrogens is 3. The van der Waals surface area contributed by atoms with Crippen LogP contribution >= 0.6 is 11.6 Å². The van der Waals surface area contributed by atoms with Crippen molar-refractivity contribution in [2.45, 2.75) is 46.3 Å². The summed E-state index contributed by atoms with van der Waals surface area (Å²) in [6.07, 6.45) is 1.29. The van der Waals surface area contributed by atoms with Crippen LogP contribution in [0.4, 0.5) is 10.2 Å². The monoisotopic (exact) mass is 522 g/mol. The molecule has 1 saturated heterocycles. The number of nitriles is 1. The van der Waals surface area contributed by atoms with Crippen LogP contribution in [0.5, 0.6) is 0 Å². The molecule has 1 aromatic carbocycles. The van der Waals surface area contributed by atoms with Crippen molar-refractivity contribution in [3.8, 4) is 17.3 Å². The molecule has 1 aliphatic rings. The fourth-order valence-electron chi connectivity index (χ4n) is 4.63. The number of anilines is 1. The molecule has 0 N–H and O–H groups in total. The van der Waals surface area contributed by atoms with Gasteiger partial charge in [0, 0.05) is 37.3 Å². The zero-order chi connectivity index (χ0) is 27.1. The fourth-order valence-corrected chi connectivity index (χ4v) is 4.88. The quantitative estimate of drug-likeness (QED) is 0.460. The molecule has 10 heteroatoms. The zero-order valence-corrected chi connectivity index (χ0v) is 22.0. The number of hydrogen-bond donors (Lipinski definition) is 0. The normalized spacial score (nSPS) is 18.1. The van der Waals surface area contributed by atoms with Crippen molar-refractivity contribution in [1.82, 2.24) is 19.4 Å². The number of nitrogens with zero attached hydrogens (tertiary/aromatic N) is 6. The number of amides is 1. The molecule has 4 rings (SSSR count). The van der Waals surface area contributed by atoms with Gasteiger partial charge in [0.15, 0.2) is 0 Å². The molecule has 1 fully saturated rings. The smallest absolute Gasteiger partial charge is 0.349 e. The number of carbonyl (C=O) groups is 1. The molecule has 0 radical (unpaired) electrons. The maximum Gasteiger partial charge on any atom is 0.351 e. The second-order valence-electron chi connectivity index (χ2n) is 10.0. The molecule has 0 spiro atoms. The summed E-state index contributed by atoms with van der Waals surface area (Å²) in [6.45, 7) is 11.7. The van der Waals surface area contributed by atoms with Gasteiger partial charge in [-0.25, -0.2) is 14.2 Å². The zero-order valence-electron chi connectivity index (χ0n) is 21.2. The molecule has 0 aliphatic carbocycles. The maximum absolute atomic E-state index is 14.7. The summed E-state index contributed by atoms with van der Waals surface area (Å²) in [5.41, 5.74) is -0.826. The Bertz CT molecular complexity index is 1490. The van der Waals surface area contributed by atoms with E-state index < -0.39 is 16.9 Å². The molecule has 2 aromatic heterocycles. The highest BCUT2D eigenvalue weighted by molar-refractivity contribution is 6.33. The van der Waals surface area contributed by atoms with Gasteiger partial charge < -0.3 is 9.80 Å². The van der Waals surface area contributed by atoms with E-state index >= 15 is 0 Å². The standard InChI is InChI=1S/C27H28ClFN6O2/c1-6-22(36)33-12-17(3)34(13-16(33)2)25-19-11-20(28)23(18-9-7-8-10-21(18)29)31-24(19)35(26(37)32-25)15-27(4,5)14-30/h6-11,16-17H,1,12-13,15H2,2-5H3. The topological polar surface area (TPSA) is 95.1 Å². The molecule has 0 bridgehead atoms. The molecule has 2 unspecified atom stereocenters. The summed E-state index contributed by atoms with van der Waals surface area (Å²) in [7, 11) is 0. The molecular formula is C27H28ClFN6O2. The van der Waals surface area contributed by atoms with Crippen LogP contribution in [-0.2, 0) is 11.3 Å². The largest absolute Gasteiger partial charge is 0.351 e. The third-order valence-electron chi connectivity index (χ3n) is 6.59. The molecule has 2 atom stereocenters. The number of pyridine rings is 1. The number of hydrogen-bond acceptors (Lipinski definition) is 6. The molecule has 0 saturated carbocycles. The number of fused-ring (bicyclic) bond motifs is 1. The van der Waals surface area contributed by atoms with Gasteiger partial charge in [-0.3, -0.25) is 9.36 Å². The van der Waals surface area contributed by atoms with E-state index in [1.54, 1.807) is 43.0 Å². The SMILES string of the molecule is C=CC(=O)N1CC(C)N(c2nc(=O)n(CC(C)(C)C#N)c3nc(-c4ccccc4F)c(Cl)cc23)CC1C. The van der Waals surface area contributed by atoms with Gasteiger partial charge in [0.05, 0.1) is 27.6 Å². The predicted molar refractivity (Wildman–Crippen MR) is 142 cm³/mol. The Morgan fingerprint density at radius 1 is 1.27 bits per heavy atom. The van der Waals surface area contributed by atoms with Crippen molar-refractivity contribution < 1.29 is 9.18 Å². The number of rotatable bonds is 5. The lowest BCUT2D eigenvalue weighted by Gasteiger charge is -2.44. The lowest BCUT2D eigenvalue weighted by Crippen LogP contribution is -2.58. The highest BCUT2D eigenvalue weighted by Crippen LogP contribution is 2.35. The maximum atomic E-state index is 14.7. The second-order valence-corrected chi connectivity index (χ2v) is 10.4. The first kappa shape index (κ1) is 26.3. The van der Waals surface area contributed by atoms with Crippen LogP contribution in [0.15, 0.2) is 47.8 Å². The minimum atomic E-state index is -0.891. The molecule has 3 heterocycles. The van der Waals surface area contributed by atoms with Crippen LogP contribution in [0, 0.1) is 22.6 Å². The summed E-state index contributed by atoms with van der Waals surface area (Å²) < 4.78 is 16.0. The van der Waals surface area contributed by atoms with Gasteiger partial charge in [0.25, 0.3) is 0 Å². The van der Waals surface area contributed by atoms with Crippen LogP contribution in [0.25, 0.3) is 22.3 Å². The van der Waals surface area contributed by atoms with Gasteiger partial charge in [-0.1, -0.05) is 30.3 Å². The molecule has 3 aromatic rings. The Kier molecular flexibility index (Phi) is 7.07. The average Bonchev–Trinajstić information content (AvgIpc) is 2.86. The first-order valence-corrected chi connectivity index (χ1v) is 12.3. The molecule has 192 valence electrons. The van der Waals surface area contributed by atoms with Crippen LogP contribution in [0.1, 0.15) is 27.7 Å². The lowest BCUT2D eigenvalue weighted by atomic mass is 9.96. The van der Waals surface area contributed by atoms with Gasteiger partial charge in [-0.05, 0) is 52.0 Å². The summed E-state index contributed by atoms with van der Waals surface area (Å²) in [5, 5.41) is 10.3. The Morgan fingerprint density at radius 3 is 2.62 bits per heavy atom. The van der Waals surface area contributed by atoms with Gasteiger partial charge in [-0.15, -0.1) is 0 Å². The van der Waals surface area contributed by atoms with Crippen molar-refractivity contribution in [1.29, 1.82) is 5.26 Å². The van der Waals surface area contributed by atoms with Crippen LogP contribution in [0.3, 0.4) is 0 Å². The summed E-state index contributed by atoms with van der Waals surface area (Å²) >= 11 is 6.64. The molecule has 37 heavy (non-hydrogen) atoms. The van der Waals surface area contributed by atoms with Gasteiger partial charge in [-0.2, -0.15) is 10.2 Å². The van der Waals surface area contributed by atoms with Crippen molar-refractivity contribution in [3.05, 3.63) is 64.3 Å². The van der Waals surface area contributed by atoms with E-state index in [2.05, 4.69) is 22.6 Å². The Morgan fingerprint density at radius 2 is 1.97 bits per heavy atom.